The van der Waals surface area contributed by atoms with E-state index < -0.39 is 0 Å². The first kappa shape index (κ1) is 70.6. The summed E-state index contributed by atoms with van der Waals surface area (Å²) in [6.07, 6.45) is 0. The summed E-state index contributed by atoms with van der Waals surface area (Å²) in [4.78, 5) is 19.1. The zero-order valence-corrected chi connectivity index (χ0v) is 66.5. The van der Waals surface area contributed by atoms with Gasteiger partial charge in [0.1, 0.15) is 16.6 Å². The molecule has 0 saturated carbocycles. The maximum atomic E-state index is 9.10. The fourth-order valence-corrected chi connectivity index (χ4v) is 18.2. The average molecular weight is 1610 g/mol. The van der Waals surface area contributed by atoms with Gasteiger partial charge in [-0.3, -0.25) is 0 Å². The summed E-state index contributed by atoms with van der Waals surface area (Å²) in [7, 11) is 0. The first-order chi connectivity index (χ1) is 61.8. The molecule has 584 valence electrons. The zero-order chi connectivity index (χ0) is 82.3. The van der Waals surface area contributed by atoms with Gasteiger partial charge in [0, 0.05) is 60.1 Å². The number of hydrogen-bond donors (Lipinski definition) is 0. The fraction of sp³-hybridized carbons (Fsp3) is 0. The molecule has 17 aromatic carbocycles. The van der Waals surface area contributed by atoms with E-state index in [-0.39, 0.29) is 0 Å². The second kappa shape index (κ2) is 28.4. The quantitative estimate of drug-likeness (QED) is 0.135. The smallest absolute Gasteiger partial charge is 0.227 e. The van der Waals surface area contributed by atoms with Gasteiger partial charge in [-0.2, -0.15) is 5.26 Å². The molecule has 14 heteroatoms. The number of para-hydroxylation sites is 9. The van der Waals surface area contributed by atoms with E-state index >= 15 is 0 Å². The predicted molar refractivity (Wildman–Crippen MR) is 497 cm³/mol. The molecule has 0 amide bonds. The van der Waals surface area contributed by atoms with Gasteiger partial charge in [-0.25, -0.2) is 19.9 Å². The van der Waals surface area contributed by atoms with Gasteiger partial charge in [0.15, 0.2) is 51.2 Å². The fourth-order valence-electron chi connectivity index (χ4n) is 18.2. The summed E-state index contributed by atoms with van der Waals surface area (Å²) in [5.74, 6) is 6.90. The highest BCUT2D eigenvalue weighted by molar-refractivity contribution is 6.16. The number of benzene rings is 17. The second-order valence-corrected chi connectivity index (χ2v) is 31.5. The van der Waals surface area contributed by atoms with Gasteiger partial charge < -0.3 is 41.2 Å². The molecule has 0 fully saturated rings. The number of oxazole rings is 3. The van der Waals surface area contributed by atoms with E-state index in [1.54, 1.807) is 12.1 Å². The van der Waals surface area contributed by atoms with Crippen LogP contribution in [0.3, 0.4) is 0 Å². The van der Waals surface area contributed by atoms with Crippen LogP contribution in [0.1, 0.15) is 5.56 Å². The highest BCUT2D eigenvalue weighted by Crippen LogP contribution is 2.52. The summed E-state index contributed by atoms with van der Waals surface area (Å²) in [6.45, 7) is 0. The Hall–Kier alpha value is -17.4. The van der Waals surface area contributed by atoms with Crippen LogP contribution in [0.25, 0.3) is 217 Å². The lowest BCUT2D eigenvalue weighted by Gasteiger charge is -2.21. The largest absolute Gasteiger partial charge is 0.453 e. The van der Waals surface area contributed by atoms with E-state index in [4.69, 9.17) is 42.7 Å². The molecule has 0 bridgehead atoms. The van der Waals surface area contributed by atoms with Crippen molar-refractivity contribution < 1.29 is 27.5 Å². The molecule has 7 aromatic heterocycles. The van der Waals surface area contributed by atoms with Crippen molar-refractivity contribution in [3.05, 3.63) is 394 Å². The molecule has 0 aliphatic carbocycles. The molecule has 10 heterocycles. The van der Waals surface area contributed by atoms with Crippen LogP contribution < -0.4 is 14.2 Å². The van der Waals surface area contributed by atoms with Crippen LogP contribution in [-0.2, 0) is 0 Å². The molecule has 0 atom stereocenters. The third-order valence-electron chi connectivity index (χ3n) is 24.0. The molecule has 3 aliphatic rings. The number of nitriles is 1. The van der Waals surface area contributed by atoms with Crippen molar-refractivity contribution >= 4 is 98.7 Å². The van der Waals surface area contributed by atoms with Crippen molar-refractivity contribution in [2.45, 2.75) is 0 Å². The molecular weight excluding hydrogens is 1540 g/mol. The lowest BCUT2D eigenvalue weighted by molar-refractivity contribution is 0.476. The molecule has 0 N–H and O–H groups in total. The molecule has 27 rings (SSSR count). The summed E-state index contributed by atoms with van der Waals surface area (Å²) in [5, 5.41) is 16.2. The Morgan fingerprint density at radius 2 is 0.528 bits per heavy atom. The number of pyridine rings is 1. The number of hydrogen-bond acceptors (Lipinski definition) is 11. The topological polar surface area (TPSA) is 157 Å². The van der Waals surface area contributed by atoms with Crippen LogP contribution in [0.2, 0.25) is 0 Å². The van der Waals surface area contributed by atoms with Crippen molar-refractivity contribution in [2.75, 3.05) is 0 Å². The third kappa shape index (κ3) is 11.9. The molecule has 14 nitrogen and oxygen atoms in total. The van der Waals surface area contributed by atoms with Crippen molar-refractivity contribution in [3.63, 3.8) is 0 Å². The van der Waals surface area contributed by atoms with E-state index in [9.17, 15) is 0 Å². The normalized spacial score (nSPS) is 12.0. The first-order valence-corrected chi connectivity index (χ1v) is 41.4. The third-order valence-corrected chi connectivity index (χ3v) is 24.0. The maximum absolute atomic E-state index is 9.10. The van der Waals surface area contributed by atoms with Crippen LogP contribution in [0.15, 0.2) is 401 Å². The van der Waals surface area contributed by atoms with Crippen molar-refractivity contribution in [3.8, 4) is 159 Å². The van der Waals surface area contributed by atoms with Crippen LogP contribution in [-0.4, -0.2) is 33.6 Å². The van der Waals surface area contributed by atoms with E-state index in [0.29, 0.717) is 28.8 Å². The van der Waals surface area contributed by atoms with Crippen molar-refractivity contribution in [1.29, 1.82) is 5.26 Å². The van der Waals surface area contributed by atoms with Crippen LogP contribution in [0.4, 0.5) is 0 Å². The Morgan fingerprint density at radius 1 is 0.216 bits per heavy atom. The first-order valence-electron chi connectivity index (χ1n) is 41.4. The molecule has 0 spiro atoms. The Labute approximate surface area is 713 Å². The molecule has 125 heavy (non-hydrogen) atoms. The highest BCUT2D eigenvalue weighted by Gasteiger charge is 2.30. The minimum Gasteiger partial charge on any atom is -0.453 e. The predicted octanol–water partition coefficient (Wildman–Crippen LogP) is 29.4. The maximum Gasteiger partial charge on any atom is 0.227 e. The van der Waals surface area contributed by atoms with E-state index in [2.05, 4.69) is 242 Å². The van der Waals surface area contributed by atoms with E-state index in [0.717, 1.165) is 190 Å². The van der Waals surface area contributed by atoms with E-state index in [1.807, 2.05) is 164 Å². The molecule has 24 aromatic rings. The summed E-state index contributed by atoms with van der Waals surface area (Å²) >= 11 is 0. The minimum absolute atomic E-state index is 0.536. The highest BCUT2D eigenvalue weighted by atomic mass is 16.5. The molecule has 0 unspecified atom stereocenters. The Bertz CT molecular complexity index is 8290. The van der Waals surface area contributed by atoms with Crippen molar-refractivity contribution in [2.24, 2.45) is 0 Å². The van der Waals surface area contributed by atoms with Crippen LogP contribution in [0.5, 0.6) is 34.5 Å². The van der Waals surface area contributed by atoms with Crippen LogP contribution >= 0.6 is 0 Å². The minimum atomic E-state index is 0.536. The lowest BCUT2D eigenvalue weighted by atomic mass is 9.97. The number of aromatic nitrogens is 7. The summed E-state index contributed by atoms with van der Waals surface area (Å²) in [6, 6.07) is 135. The van der Waals surface area contributed by atoms with Gasteiger partial charge in [-0.1, -0.05) is 188 Å². The molecule has 0 radical (unpaired) electrons. The number of fused-ring (bicyclic) bond motifs is 18. The van der Waals surface area contributed by atoms with Gasteiger partial charge in [-0.15, -0.1) is 0 Å². The number of ether oxygens (including phenoxy) is 3. The summed E-state index contributed by atoms with van der Waals surface area (Å²) in [5.41, 5.74) is 30.5. The van der Waals surface area contributed by atoms with Crippen LogP contribution in [0, 0.1) is 11.3 Å². The lowest BCUT2D eigenvalue weighted by Crippen LogP contribution is -2.04. The monoisotopic (exact) mass is 1600 g/mol. The number of nitrogens with zero attached hydrogens (tertiary/aromatic N) is 8. The second-order valence-electron chi connectivity index (χ2n) is 31.5. The van der Waals surface area contributed by atoms with Gasteiger partial charge in [-0.05, 0) is 245 Å². The van der Waals surface area contributed by atoms with Gasteiger partial charge in [0.25, 0.3) is 0 Å². The van der Waals surface area contributed by atoms with Gasteiger partial charge >= 0.3 is 0 Å². The van der Waals surface area contributed by atoms with E-state index in [1.165, 1.54) is 38.0 Å². The Morgan fingerprint density at radius 3 is 0.952 bits per heavy atom. The van der Waals surface area contributed by atoms with Gasteiger partial charge in [0.2, 0.25) is 17.7 Å². The van der Waals surface area contributed by atoms with Crippen molar-refractivity contribution in [1.82, 2.24) is 33.6 Å². The Balaban J connectivity index is 0.000000103. The standard InChI is InChI=1S/C38H21N3O2.C37H22N2O2.C36H21N3O2/c39-22-23-12-14-24(15-13-23)38-40-31-17-16-27(20-35(31)43-38)25-6-5-7-26(18-25)28-19-30-29-8-1-2-9-32(29)41-33-10-3-4-11-34(33)42-36(21-28)37(30)41;1-2-9-23(10-3-1)37-38-30-18-17-26(21-34(30)41-37)24-11-8-12-25(19-24)27-20-29-28-13-4-5-14-31(28)39-32-15-6-7-16-33(32)40-35(22-27)36(29)39;1-2-9-22(10-3-1)36-38-29-18-17-23(20-33(29)41-36)27-12-8-13-28(37-27)24-19-26-25-11-4-5-14-30(25)39-31-15-6-7-16-32(31)40-34(21-24)35(26)39/h1-21H;1-22H;1-21H. The molecule has 0 saturated heterocycles. The Kier molecular flexibility index (Phi) is 16.0. The number of rotatable bonds is 9. The van der Waals surface area contributed by atoms with Gasteiger partial charge in [0.05, 0.1) is 73.2 Å². The zero-order valence-electron chi connectivity index (χ0n) is 66.5. The SMILES string of the molecule is N#Cc1ccc(-c2nc3ccc(-c4cccc(-c5cc6c7c(c5)c5ccccc5n7-c5ccccc5O6)c4)cc3o2)cc1.c1ccc(-c2nc3ccc(-c4cccc(-c5cc6c7c(c5)c5ccccc5n7-c5ccccc5O6)c4)cc3o2)cc1.c1ccc(-c2nc3ccc(-c4cccc(-c5cc6c7c(c5)c5ccccc5n7-c5ccccc5O6)n4)cc3o2)cc1. The average Bonchev–Trinajstić information content (AvgIpc) is 1.57. The molecule has 3 aliphatic heterocycles. The molecular formula is C111H64N8O6. The summed E-state index contributed by atoms with van der Waals surface area (Å²) < 4.78 is 44.9.